The number of ether oxygens (including phenoxy) is 1. The highest BCUT2D eigenvalue weighted by molar-refractivity contribution is 5.74. The Kier molecular flexibility index (Phi) is 7.11. The Morgan fingerprint density at radius 1 is 1.17 bits per heavy atom. The molecule has 0 aliphatic heterocycles. The summed E-state index contributed by atoms with van der Waals surface area (Å²) >= 11 is 0. The first-order valence-corrected chi connectivity index (χ1v) is 6.66. The summed E-state index contributed by atoms with van der Waals surface area (Å²) in [5.74, 6) is 0.599. The van der Waals surface area contributed by atoms with E-state index in [1.807, 2.05) is 0 Å². The van der Waals surface area contributed by atoms with Crippen molar-refractivity contribution >= 4 is 6.29 Å². The van der Waals surface area contributed by atoms with Crippen molar-refractivity contribution in [1.82, 2.24) is 0 Å². The zero-order valence-corrected chi connectivity index (χ0v) is 11.0. The molecule has 0 saturated carbocycles. The predicted molar refractivity (Wildman–Crippen MR) is 71.8 cm³/mol. The summed E-state index contributed by atoms with van der Waals surface area (Å²) in [6.45, 7) is 2.18. The van der Waals surface area contributed by atoms with E-state index in [4.69, 9.17) is 4.74 Å². The molecule has 0 fully saturated rings. The summed E-state index contributed by atoms with van der Waals surface area (Å²) in [6, 6.07) is 6.75. The number of rotatable bonds is 9. The molecule has 0 saturated heterocycles. The van der Waals surface area contributed by atoms with Gasteiger partial charge in [-0.05, 0) is 30.7 Å². The second-order valence-corrected chi connectivity index (χ2v) is 4.46. The van der Waals surface area contributed by atoms with Crippen LogP contribution < -0.4 is 4.74 Å². The van der Waals surface area contributed by atoms with Gasteiger partial charge in [-0.25, -0.2) is 0 Å². The summed E-state index contributed by atoms with van der Waals surface area (Å²) in [7, 11) is 0. The molecule has 18 heavy (non-hydrogen) atoms. The number of carbonyl (C=O) groups excluding carboxylic acids is 1. The predicted octanol–water partition coefficient (Wildman–Crippen LogP) is 3.56. The Morgan fingerprint density at radius 2 is 1.83 bits per heavy atom. The van der Waals surface area contributed by atoms with E-state index in [-0.39, 0.29) is 0 Å². The Balaban J connectivity index is 2.22. The molecule has 0 aliphatic rings. The molecule has 3 nitrogen and oxygen atoms in total. The minimum Gasteiger partial charge on any atom is -0.465 e. The van der Waals surface area contributed by atoms with Crippen molar-refractivity contribution in [3.05, 3.63) is 29.8 Å². The van der Waals surface area contributed by atoms with Crippen LogP contribution in [0.25, 0.3) is 0 Å². The van der Waals surface area contributed by atoms with Crippen LogP contribution >= 0.6 is 0 Å². The van der Waals surface area contributed by atoms with Gasteiger partial charge in [0.2, 0.25) is 0 Å². The quantitative estimate of drug-likeness (QED) is 0.414. The van der Waals surface area contributed by atoms with Crippen LogP contribution in [0.4, 0.5) is 0 Å². The number of hydrogen-bond donors (Lipinski definition) is 1. The van der Waals surface area contributed by atoms with Gasteiger partial charge in [-0.3, -0.25) is 4.79 Å². The third-order valence-electron chi connectivity index (χ3n) is 2.84. The lowest BCUT2D eigenvalue weighted by atomic mass is 10.1. The minimum absolute atomic E-state index is 0.599. The molecule has 1 aromatic rings. The van der Waals surface area contributed by atoms with Gasteiger partial charge in [0, 0.05) is 12.0 Å². The highest BCUT2D eigenvalue weighted by Crippen LogP contribution is 2.15. The first kappa shape index (κ1) is 14.7. The van der Waals surface area contributed by atoms with Gasteiger partial charge < -0.3 is 9.84 Å². The molecule has 100 valence electrons. The SMILES string of the molecule is CCCCCCCC(O)Oc1ccc(C=O)cc1. The molecule has 1 N–H and O–H groups in total. The highest BCUT2D eigenvalue weighted by atomic mass is 16.6. The van der Waals surface area contributed by atoms with E-state index in [9.17, 15) is 9.90 Å². The second kappa shape index (κ2) is 8.70. The zero-order valence-electron chi connectivity index (χ0n) is 11.0. The normalized spacial score (nSPS) is 12.1. The lowest BCUT2D eigenvalue weighted by Crippen LogP contribution is -2.15. The molecule has 0 aromatic heterocycles. The standard InChI is InChI=1S/C15H22O3/c1-2-3-4-5-6-7-15(17)18-14-10-8-13(12-16)9-11-14/h8-12,15,17H,2-7H2,1H3. The number of aliphatic hydroxyl groups is 1. The van der Waals surface area contributed by atoms with E-state index in [0.717, 1.165) is 19.1 Å². The molecule has 0 spiro atoms. The van der Waals surface area contributed by atoms with Crippen LogP contribution in [-0.4, -0.2) is 17.7 Å². The van der Waals surface area contributed by atoms with Crippen molar-refractivity contribution in [1.29, 1.82) is 0 Å². The van der Waals surface area contributed by atoms with Gasteiger partial charge in [0.15, 0.2) is 6.29 Å². The van der Waals surface area contributed by atoms with Gasteiger partial charge >= 0.3 is 0 Å². The molecule has 0 radical (unpaired) electrons. The third-order valence-corrected chi connectivity index (χ3v) is 2.84. The van der Waals surface area contributed by atoms with Gasteiger partial charge in [0.25, 0.3) is 0 Å². The highest BCUT2D eigenvalue weighted by Gasteiger charge is 2.05. The number of carbonyl (C=O) groups is 1. The molecule has 0 bridgehead atoms. The van der Waals surface area contributed by atoms with Crippen LogP contribution in [0.1, 0.15) is 55.8 Å². The second-order valence-electron chi connectivity index (χ2n) is 4.46. The Labute approximate surface area is 109 Å². The maximum Gasteiger partial charge on any atom is 0.197 e. The van der Waals surface area contributed by atoms with E-state index in [1.165, 1.54) is 19.3 Å². The minimum atomic E-state index is -0.756. The number of aldehydes is 1. The average molecular weight is 250 g/mol. The van der Waals surface area contributed by atoms with E-state index in [1.54, 1.807) is 24.3 Å². The summed E-state index contributed by atoms with van der Waals surface area (Å²) in [5.41, 5.74) is 0.608. The smallest absolute Gasteiger partial charge is 0.197 e. The summed E-state index contributed by atoms with van der Waals surface area (Å²) in [5, 5.41) is 9.69. The zero-order chi connectivity index (χ0) is 13.2. The maximum absolute atomic E-state index is 10.5. The van der Waals surface area contributed by atoms with Crippen molar-refractivity contribution in [3.8, 4) is 5.75 Å². The maximum atomic E-state index is 10.5. The van der Waals surface area contributed by atoms with Gasteiger partial charge in [-0.2, -0.15) is 0 Å². The number of aliphatic hydroxyl groups excluding tert-OH is 1. The molecular formula is C15H22O3. The number of benzene rings is 1. The molecule has 0 aliphatic carbocycles. The van der Waals surface area contributed by atoms with Gasteiger partial charge in [0.05, 0.1) is 0 Å². The average Bonchev–Trinajstić information content (AvgIpc) is 2.39. The molecule has 1 rings (SSSR count). The van der Waals surface area contributed by atoms with Crippen molar-refractivity contribution in [2.24, 2.45) is 0 Å². The molecule has 1 unspecified atom stereocenters. The molecule has 0 amide bonds. The van der Waals surface area contributed by atoms with E-state index in [2.05, 4.69) is 6.92 Å². The topological polar surface area (TPSA) is 46.5 Å². The fourth-order valence-corrected chi connectivity index (χ4v) is 1.76. The van der Waals surface area contributed by atoms with Gasteiger partial charge in [-0.1, -0.05) is 32.6 Å². The summed E-state index contributed by atoms with van der Waals surface area (Å²) < 4.78 is 5.36. The lowest BCUT2D eigenvalue weighted by molar-refractivity contribution is -0.0246. The van der Waals surface area contributed by atoms with Crippen LogP contribution in [0.3, 0.4) is 0 Å². The Bertz CT molecular complexity index is 332. The van der Waals surface area contributed by atoms with Gasteiger partial charge in [-0.15, -0.1) is 0 Å². The first-order valence-electron chi connectivity index (χ1n) is 6.66. The lowest BCUT2D eigenvalue weighted by Gasteiger charge is -2.13. The molecule has 3 heteroatoms. The number of unbranched alkanes of at least 4 members (excludes halogenated alkanes) is 4. The van der Waals surface area contributed by atoms with Crippen LogP contribution in [0, 0.1) is 0 Å². The first-order chi connectivity index (χ1) is 8.76. The van der Waals surface area contributed by atoms with Crippen LogP contribution in [0.15, 0.2) is 24.3 Å². The van der Waals surface area contributed by atoms with Gasteiger partial charge in [0.1, 0.15) is 12.0 Å². The Morgan fingerprint density at radius 3 is 2.44 bits per heavy atom. The summed E-state index contributed by atoms with van der Waals surface area (Å²) in [4.78, 5) is 10.5. The molecule has 1 atom stereocenters. The van der Waals surface area contributed by atoms with Crippen molar-refractivity contribution in [2.45, 2.75) is 51.7 Å². The monoisotopic (exact) mass is 250 g/mol. The molecule has 1 aromatic carbocycles. The fraction of sp³-hybridized carbons (Fsp3) is 0.533. The van der Waals surface area contributed by atoms with Crippen LogP contribution in [0.5, 0.6) is 5.75 Å². The van der Waals surface area contributed by atoms with Crippen molar-refractivity contribution < 1.29 is 14.6 Å². The van der Waals surface area contributed by atoms with Crippen molar-refractivity contribution in [2.75, 3.05) is 0 Å². The van der Waals surface area contributed by atoms with Crippen LogP contribution in [-0.2, 0) is 0 Å². The van der Waals surface area contributed by atoms with E-state index in [0.29, 0.717) is 17.7 Å². The van der Waals surface area contributed by atoms with Crippen molar-refractivity contribution in [3.63, 3.8) is 0 Å². The van der Waals surface area contributed by atoms with E-state index >= 15 is 0 Å². The number of hydrogen-bond acceptors (Lipinski definition) is 3. The largest absolute Gasteiger partial charge is 0.465 e. The van der Waals surface area contributed by atoms with E-state index < -0.39 is 6.29 Å². The fourth-order valence-electron chi connectivity index (χ4n) is 1.76. The molecular weight excluding hydrogens is 228 g/mol. The van der Waals surface area contributed by atoms with Crippen LogP contribution in [0.2, 0.25) is 0 Å². The molecule has 0 heterocycles. The third kappa shape index (κ3) is 5.82. The summed E-state index contributed by atoms with van der Waals surface area (Å²) in [6.07, 6.45) is 6.50. The Hall–Kier alpha value is -1.35.